The SMILES string of the molecule is Cc1ccc(C(=O)NCC(=O)N2CCN(C(=O)CCC3CCCC3)CC2)cc1C. The summed E-state index contributed by atoms with van der Waals surface area (Å²) in [7, 11) is 0. The summed E-state index contributed by atoms with van der Waals surface area (Å²) in [5.41, 5.74) is 2.75. The molecule has 0 aromatic heterocycles. The van der Waals surface area contributed by atoms with E-state index >= 15 is 0 Å². The van der Waals surface area contributed by atoms with Gasteiger partial charge in [-0.2, -0.15) is 0 Å². The molecule has 1 aliphatic carbocycles. The van der Waals surface area contributed by atoms with Crippen molar-refractivity contribution in [3.63, 3.8) is 0 Å². The molecule has 0 bridgehead atoms. The van der Waals surface area contributed by atoms with Crippen LogP contribution in [0.5, 0.6) is 0 Å². The van der Waals surface area contributed by atoms with Crippen molar-refractivity contribution in [2.24, 2.45) is 5.92 Å². The second-order valence-corrected chi connectivity index (χ2v) is 8.43. The molecule has 29 heavy (non-hydrogen) atoms. The average Bonchev–Trinajstić information content (AvgIpc) is 3.25. The lowest BCUT2D eigenvalue weighted by Gasteiger charge is -2.35. The van der Waals surface area contributed by atoms with E-state index in [0.29, 0.717) is 38.2 Å². The highest BCUT2D eigenvalue weighted by molar-refractivity contribution is 5.96. The quantitative estimate of drug-likeness (QED) is 0.800. The Morgan fingerprint density at radius 3 is 2.17 bits per heavy atom. The van der Waals surface area contributed by atoms with Crippen LogP contribution in [0.4, 0.5) is 0 Å². The van der Waals surface area contributed by atoms with Gasteiger partial charge in [-0.25, -0.2) is 0 Å². The molecule has 1 N–H and O–H groups in total. The number of carbonyl (C=O) groups excluding carboxylic acids is 3. The van der Waals surface area contributed by atoms with Gasteiger partial charge in [0.1, 0.15) is 0 Å². The lowest BCUT2D eigenvalue weighted by atomic mass is 10.0. The van der Waals surface area contributed by atoms with Gasteiger partial charge in [0.05, 0.1) is 6.54 Å². The molecule has 0 unspecified atom stereocenters. The van der Waals surface area contributed by atoms with Crippen molar-refractivity contribution in [1.29, 1.82) is 0 Å². The molecule has 3 amide bonds. The molecule has 0 radical (unpaired) electrons. The van der Waals surface area contributed by atoms with E-state index < -0.39 is 0 Å². The summed E-state index contributed by atoms with van der Waals surface area (Å²) < 4.78 is 0. The van der Waals surface area contributed by atoms with E-state index in [1.807, 2.05) is 30.9 Å². The molecule has 1 saturated carbocycles. The van der Waals surface area contributed by atoms with Gasteiger partial charge in [0.15, 0.2) is 0 Å². The first-order chi connectivity index (χ1) is 13.9. The van der Waals surface area contributed by atoms with Crippen molar-refractivity contribution >= 4 is 17.7 Å². The van der Waals surface area contributed by atoms with E-state index in [4.69, 9.17) is 0 Å². The fourth-order valence-electron chi connectivity index (χ4n) is 4.24. The van der Waals surface area contributed by atoms with Crippen LogP contribution in [0.3, 0.4) is 0 Å². The van der Waals surface area contributed by atoms with Crippen molar-refractivity contribution in [2.75, 3.05) is 32.7 Å². The molecule has 1 heterocycles. The minimum atomic E-state index is -0.234. The maximum Gasteiger partial charge on any atom is 0.251 e. The van der Waals surface area contributed by atoms with Crippen LogP contribution in [0.15, 0.2) is 18.2 Å². The number of benzene rings is 1. The first kappa shape index (κ1) is 21.3. The van der Waals surface area contributed by atoms with Crippen LogP contribution >= 0.6 is 0 Å². The Morgan fingerprint density at radius 1 is 0.931 bits per heavy atom. The van der Waals surface area contributed by atoms with Gasteiger partial charge in [-0.3, -0.25) is 14.4 Å². The monoisotopic (exact) mass is 399 g/mol. The standard InChI is InChI=1S/C23H33N3O3/c1-17-7-9-20(15-18(17)2)23(29)24-16-22(28)26-13-11-25(12-14-26)21(27)10-8-19-5-3-4-6-19/h7,9,15,19H,3-6,8,10-14,16H2,1-2H3,(H,24,29). The zero-order valence-electron chi connectivity index (χ0n) is 17.7. The fraction of sp³-hybridized carbons (Fsp3) is 0.609. The summed E-state index contributed by atoms with van der Waals surface area (Å²) in [6.07, 6.45) is 6.78. The lowest BCUT2D eigenvalue weighted by molar-refractivity contribution is -0.139. The van der Waals surface area contributed by atoms with Crippen molar-refractivity contribution < 1.29 is 14.4 Å². The van der Waals surface area contributed by atoms with E-state index in [-0.39, 0.29) is 24.3 Å². The minimum absolute atomic E-state index is 0.0125. The van der Waals surface area contributed by atoms with Crippen LogP contribution in [0, 0.1) is 19.8 Å². The predicted octanol–water partition coefficient (Wildman–Crippen LogP) is 2.67. The number of amides is 3. The molecule has 1 aromatic rings. The van der Waals surface area contributed by atoms with E-state index in [0.717, 1.165) is 23.5 Å². The van der Waals surface area contributed by atoms with Gasteiger partial charge in [-0.1, -0.05) is 31.7 Å². The smallest absolute Gasteiger partial charge is 0.251 e. The average molecular weight is 400 g/mol. The minimum Gasteiger partial charge on any atom is -0.343 e. The van der Waals surface area contributed by atoms with Gasteiger partial charge < -0.3 is 15.1 Å². The largest absolute Gasteiger partial charge is 0.343 e. The normalized spacial score (nSPS) is 17.4. The molecule has 2 aliphatic rings. The Bertz CT molecular complexity index is 748. The highest BCUT2D eigenvalue weighted by atomic mass is 16.2. The number of hydrogen-bond donors (Lipinski definition) is 1. The molecule has 0 spiro atoms. The van der Waals surface area contributed by atoms with E-state index in [9.17, 15) is 14.4 Å². The number of piperazine rings is 1. The molecule has 6 heteroatoms. The van der Waals surface area contributed by atoms with Crippen molar-refractivity contribution in [2.45, 2.75) is 52.4 Å². The summed E-state index contributed by atoms with van der Waals surface area (Å²) in [5.74, 6) is 0.609. The molecule has 3 rings (SSSR count). The molecule has 1 aromatic carbocycles. The number of rotatable bonds is 6. The Balaban J connectivity index is 1.38. The second kappa shape index (κ2) is 9.90. The Morgan fingerprint density at radius 2 is 1.55 bits per heavy atom. The second-order valence-electron chi connectivity index (χ2n) is 8.43. The molecular formula is C23H33N3O3. The van der Waals surface area contributed by atoms with Crippen molar-refractivity contribution in [3.8, 4) is 0 Å². The summed E-state index contributed by atoms with van der Waals surface area (Å²) in [6.45, 7) is 6.19. The van der Waals surface area contributed by atoms with E-state index in [1.54, 1.807) is 11.0 Å². The maximum atomic E-state index is 12.4. The molecule has 6 nitrogen and oxygen atoms in total. The van der Waals surface area contributed by atoms with Crippen molar-refractivity contribution in [1.82, 2.24) is 15.1 Å². The molecule has 158 valence electrons. The van der Waals surface area contributed by atoms with E-state index in [2.05, 4.69) is 5.32 Å². The van der Waals surface area contributed by atoms with Crippen molar-refractivity contribution in [3.05, 3.63) is 34.9 Å². The molecule has 1 saturated heterocycles. The summed E-state index contributed by atoms with van der Waals surface area (Å²) >= 11 is 0. The lowest BCUT2D eigenvalue weighted by Crippen LogP contribution is -2.52. The number of hydrogen-bond acceptors (Lipinski definition) is 3. The molecular weight excluding hydrogens is 366 g/mol. The topological polar surface area (TPSA) is 69.7 Å². The van der Waals surface area contributed by atoms with Crippen LogP contribution in [0.25, 0.3) is 0 Å². The number of nitrogens with zero attached hydrogens (tertiary/aromatic N) is 2. The summed E-state index contributed by atoms with van der Waals surface area (Å²) in [6, 6.07) is 5.53. The third-order valence-electron chi connectivity index (χ3n) is 6.40. The Kier molecular flexibility index (Phi) is 7.29. The third-order valence-corrected chi connectivity index (χ3v) is 6.40. The van der Waals surface area contributed by atoms with Crippen LogP contribution in [0.1, 0.15) is 60.0 Å². The Hall–Kier alpha value is -2.37. The fourth-order valence-corrected chi connectivity index (χ4v) is 4.24. The molecule has 0 atom stereocenters. The number of carbonyl (C=O) groups is 3. The molecule has 1 aliphatic heterocycles. The third kappa shape index (κ3) is 5.81. The highest BCUT2D eigenvalue weighted by Gasteiger charge is 2.25. The van der Waals surface area contributed by atoms with Gasteiger partial charge in [0.2, 0.25) is 11.8 Å². The summed E-state index contributed by atoms with van der Waals surface area (Å²) in [5, 5.41) is 2.72. The van der Waals surface area contributed by atoms with Crippen LogP contribution in [0.2, 0.25) is 0 Å². The first-order valence-corrected chi connectivity index (χ1v) is 10.8. The van der Waals surface area contributed by atoms with Gasteiger partial charge in [-0.05, 0) is 49.4 Å². The zero-order chi connectivity index (χ0) is 20.8. The molecule has 2 fully saturated rings. The zero-order valence-corrected chi connectivity index (χ0v) is 17.7. The Labute approximate surface area is 173 Å². The van der Waals surface area contributed by atoms with Gasteiger partial charge >= 0.3 is 0 Å². The predicted molar refractivity (Wildman–Crippen MR) is 113 cm³/mol. The number of nitrogens with one attached hydrogen (secondary N) is 1. The number of aryl methyl sites for hydroxylation is 2. The highest BCUT2D eigenvalue weighted by Crippen LogP contribution is 2.28. The van der Waals surface area contributed by atoms with E-state index in [1.165, 1.54) is 25.7 Å². The first-order valence-electron chi connectivity index (χ1n) is 10.8. The summed E-state index contributed by atoms with van der Waals surface area (Å²) in [4.78, 5) is 40.8. The van der Waals surface area contributed by atoms with Gasteiger partial charge in [0.25, 0.3) is 5.91 Å². The maximum absolute atomic E-state index is 12.4. The van der Waals surface area contributed by atoms with Crippen LogP contribution in [-0.2, 0) is 9.59 Å². The van der Waals surface area contributed by atoms with Gasteiger partial charge in [-0.15, -0.1) is 0 Å². The van der Waals surface area contributed by atoms with Crippen LogP contribution < -0.4 is 5.32 Å². The van der Waals surface area contributed by atoms with Crippen LogP contribution in [-0.4, -0.2) is 60.2 Å². The van der Waals surface area contributed by atoms with Gasteiger partial charge in [0, 0.05) is 38.2 Å².